The van der Waals surface area contributed by atoms with Crippen molar-refractivity contribution in [3.05, 3.63) is 30.4 Å². The van der Waals surface area contributed by atoms with Gasteiger partial charge in [-0.05, 0) is 25.0 Å². The first-order chi connectivity index (χ1) is 8.38. The zero-order chi connectivity index (χ0) is 11.7. The summed E-state index contributed by atoms with van der Waals surface area (Å²) >= 11 is 0. The average molecular weight is 231 g/mol. The fraction of sp³-hybridized carbons (Fsp3) is 0.462. The van der Waals surface area contributed by atoms with E-state index in [1.54, 1.807) is 0 Å². The predicted octanol–water partition coefficient (Wildman–Crippen LogP) is 2.27. The van der Waals surface area contributed by atoms with E-state index >= 15 is 0 Å². The van der Waals surface area contributed by atoms with E-state index in [4.69, 9.17) is 4.74 Å². The van der Waals surface area contributed by atoms with Gasteiger partial charge < -0.3 is 14.5 Å². The van der Waals surface area contributed by atoms with Crippen LogP contribution in [0.4, 0.5) is 5.69 Å². The van der Waals surface area contributed by atoms with Crippen molar-refractivity contribution in [1.29, 1.82) is 0 Å². The molecule has 0 radical (unpaired) electrons. The van der Waals surface area contributed by atoms with Crippen LogP contribution < -0.4 is 5.32 Å². The third-order valence-corrected chi connectivity index (χ3v) is 3.44. The summed E-state index contributed by atoms with van der Waals surface area (Å²) in [5.41, 5.74) is 2.27. The number of fused-ring (bicyclic) bond motifs is 1. The molecular formula is C13H17N3O. The van der Waals surface area contributed by atoms with Crippen LogP contribution in [0.3, 0.4) is 0 Å². The maximum Gasteiger partial charge on any atom is 0.116 e. The molecule has 17 heavy (non-hydrogen) atoms. The van der Waals surface area contributed by atoms with Crippen molar-refractivity contribution in [2.24, 2.45) is 0 Å². The van der Waals surface area contributed by atoms with Gasteiger partial charge in [-0.3, -0.25) is 0 Å². The lowest BCUT2D eigenvalue weighted by atomic mass is 10.00. The van der Waals surface area contributed by atoms with Crippen LogP contribution in [0, 0.1) is 0 Å². The van der Waals surface area contributed by atoms with Crippen LogP contribution in [-0.4, -0.2) is 29.6 Å². The molecule has 0 bridgehead atoms. The summed E-state index contributed by atoms with van der Waals surface area (Å²) in [7, 11) is 1.93. The molecule has 0 saturated carbocycles. The van der Waals surface area contributed by atoms with E-state index in [9.17, 15) is 0 Å². The van der Waals surface area contributed by atoms with Crippen molar-refractivity contribution in [1.82, 2.24) is 9.38 Å². The minimum Gasteiger partial charge on any atom is -0.388 e. The van der Waals surface area contributed by atoms with Gasteiger partial charge in [-0.2, -0.15) is 0 Å². The van der Waals surface area contributed by atoms with E-state index in [0.717, 1.165) is 37.3 Å². The van der Waals surface area contributed by atoms with Crippen molar-refractivity contribution in [2.75, 3.05) is 25.6 Å². The third kappa shape index (κ3) is 1.89. The highest BCUT2D eigenvalue weighted by molar-refractivity contribution is 5.58. The third-order valence-electron chi connectivity index (χ3n) is 3.44. The molecule has 0 aliphatic carbocycles. The van der Waals surface area contributed by atoms with E-state index in [-0.39, 0.29) is 0 Å². The maximum atomic E-state index is 5.40. The quantitative estimate of drug-likeness (QED) is 0.861. The molecule has 0 amide bonds. The molecule has 90 valence electrons. The number of ether oxygens (including phenoxy) is 1. The van der Waals surface area contributed by atoms with Gasteiger partial charge in [0.1, 0.15) is 5.82 Å². The van der Waals surface area contributed by atoms with Crippen LogP contribution in [0.5, 0.6) is 0 Å². The number of imidazole rings is 1. The average Bonchev–Trinajstić information content (AvgIpc) is 2.82. The summed E-state index contributed by atoms with van der Waals surface area (Å²) < 4.78 is 7.59. The van der Waals surface area contributed by atoms with E-state index in [2.05, 4.69) is 33.0 Å². The zero-order valence-corrected chi connectivity index (χ0v) is 10.0. The number of nitrogens with zero attached hydrogens (tertiary/aromatic N) is 2. The summed E-state index contributed by atoms with van der Waals surface area (Å²) in [6, 6.07) is 4.20. The monoisotopic (exact) mass is 231 g/mol. The summed E-state index contributed by atoms with van der Waals surface area (Å²) in [5.74, 6) is 1.71. The van der Waals surface area contributed by atoms with Crippen LogP contribution in [0.2, 0.25) is 0 Å². The number of rotatable bonds is 2. The molecule has 4 nitrogen and oxygen atoms in total. The molecule has 1 N–H and O–H groups in total. The van der Waals surface area contributed by atoms with Gasteiger partial charge in [0.05, 0.1) is 11.7 Å². The number of hydrogen-bond donors (Lipinski definition) is 1. The Kier molecular flexibility index (Phi) is 2.73. The summed E-state index contributed by atoms with van der Waals surface area (Å²) in [6.45, 7) is 1.71. The molecule has 3 heterocycles. The highest BCUT2D eigenvalue weighted by atomic mass is 16.5. The second-order valence-electron chi connectivity index (χ2n) is 4.46. The second kappa shape index (κ2) is 4.37. The second-order valence-corrected chi connectivity index (χ2v) is 4.46. The van der Waals surface area contributed by atoms with E-state index in [0.29, 0.717) is 5.92 Å². The van der Waals surface area contributed by atoms with E-state index in [1.165, 1.54) is 5.82 Å². The lowest BCUT2D eigenvalue weighted by Crippen LogP contribution is -2.16. The van der Waals surface area contributed by atoms with Crippen molar-refractivity contribution >= 4 is 11.2 Å². The topological polar surface area (TPSA) is 38.6 Å². The molecule has 1 aliphatic rings. The Morgan fingerprint density at radius 2 is 2.24 bits per heavy atom. The minimum atomic E-state index is 0.534. The Balaban J connectivity index is 1.99. The summed E-state index contributed by atoms with van der Waals surface area (Å²) in [5, 5.41) is 3.15. The molecule has 2 aromatic rings. The minimum absolute atomic E-state index is 0.534. The first kappa shape index (κ1) is 10.6. The largest absolute Gasteiger partial charge is 0.388 e. The number of aromatic nitrogens is 2. The first-order valence-corrected chi connectivity index (χ1v) is 6.11. The van der Waals surface area contributed by atoms with Crippen LogP contribution in [0.25, 0.3) is 5.52 Å². The zero-order valence-electron chi connectivity index (χ0n) is 10.0. The number of nitrogens with one attached hydrogen (secondary N) is 1. The first-order valence-electron chi connectivity index (χ1n) is 6.11. The molecule has 0 spiro atoms. The number of hydrogen-bond acceptors (Lipinski definition) is 3. The molecule has 0 aromatic carbocycles. The Morgan fingerprint density at radius 3 is 3.00 bits per heavy atom. The smallest absolute Gasteiger partial charge is 0.116 e. The lowest BCUT2D eigenvalue weighted by Gasteiger charge is -2.21. The van der Waals surface area contributed by atoms with E-state index in [1.807, 2.05) is 13.2 Å². The Bertz CT molecular complexity index is 514. The van der Waals surface area contributed by atoms with Gasteiger partial charge in [0, 0.05) is 38.1 Å². The molecule has 1 saturated heterocycles. The Morgan fingerprint density at radius 1 is 1.41 bits per heavy atom. The van der Waals surface area contributed by atoms with Gasteiger partial charge in [-0.25, -0.2) is 4.98 Å². The van der Waals surface area contributed by atoms with Crippen molar-refractivity contribution in [3.63, 3.8) is 0 Å². The van der Waals surface area contributed by atoms with Gasteiger partial charge in [0.2, 0.25) is 0 Å². The molecule has 1 aliphatic heterocycles. The molecule has 0 atom stereocenters. The molecule has 3 rings (SSSR count). The van der Waals surface area contributed by atoms with Crippen LogP contribution in [0.1, 0.15) is 24.6 Å². The molecule has 4 heteroatoms. The SMILES string of the molecule is CNc1ccn2c(C3CCOCC3)ncc2c1. The normalized spacial score (nSPS) is 17.5. The Labute approximate surface area is 101 Å². The van der Waals surface area contributed by atoms with Gasteiger partial charge >= 0.3 is 0 Å². The van der Waals surface area contributed by atoms with Crippen molar-refractivity contribution in [3.8, 4) is 0 Å². The van der Waals surface area contributed by atoms with Crippen LogP contribution in [0.15, 0.2) is 24.5 Å². The summed E-state index contributed by atoms with van der Waals surface area (Å²) in [4.78, 5) is 4.57. The highest BCUT2D eigenvalue weighted by Gasteiger charge is 2.20. The maximum absolute atomic E-state index is 5.40. The molecule has 0 unspecified atom stereocenters. The molecule has 1 fully saturated rings. The molecular weight excluding hydrogens is 214 g/mol. The lowest BCUT2D eigenvalue weighted by molar-refractivity contribution is 0.0835. The van der Waals surface area contributed by atoms with Crippen LogP contribution >= 0.6 is 0 Å². The van der Waals surface area contributed by atoms with Gasteiger partial charge in [-0.1, -0.05) is 0 Å². The number of anilines is 1. The fourth-order valence-corrected chi connectivity index (χ4v) is 2.43. The molecule has 2 aromatic heterocycles. The highest BCUT2D eigenvalue weighted by Crippen LogP contribution is 2.27. The number of pyridine rings is 1. The van der Waals surface area contributed by atoms with Crippen molar-refractivity contribution < 1.29 is 4.74 Å². The van der Waals surface area contributed by atoms with Gasteiger partial charge in [-0.15, -0.1) is 0 Å². The van der Waals surface area contributed by atoms with Gasteiger partial charge in [0.15, 0.2) is 0 Å². The van der Waals surface area contributed by atoms with Crippen LogP contribution in [-0.2, 0) is 4.74 Å². The fourth-order valence-electron chi connectivity index (χ4n) is 2.43. The standard InChI is InChI=1S/C13H17N3O/c1-14-11-2-5-16-12(8-11)9-15-13(16)10-3-6-17-7-4-10/h2,5,8-10,14H,3-4,6-7H2,1H3. The van der Waals surface area contributed by atoms with Crippen molar-refractivity contribution in [2.45, 2.75) is 18.8 Å². The Hall–Kier alpha value is -1.55. The summed E-state index contributed by atoms with van der Waals surface area (Å²) in [6.07, 6.45) is 6.20. The van der Waals surface area contributed by atoms with E-state index < -0.39 is 0 Å². The van der Waals surface area contributed by atoms with Gasteiger partial charge in [0.25, 0.3) is 0 Å². The predicted molar refractivity (Wildman–Crippen MR) is 67.5 cm³/mol.